The quantitative estimate of drug-likeness (QED) is 0.457. The Morgan fingerprint density at radius 2 is 1.70 bits per heavy atom. The van der Waals surface area contributed by atoms with Crippen molar-refractivity contribution >= 4 is 22.5 Å². The van der Waals surface area contributed by atoms with Crippen molar-refractivity contribution in [2.45, 2.75) is 20.0 Å². The number of fused-ring (bicyclic) bond motifs is 1. The molecule has 0 saturated carbocycles. The molecule has 0 saturated heterocycles. The fourth-order valence-corrected chi connectivity index (χ4v) is 3.61. The maximum absolute atomic E-state index is 13.5. The van der Waals surface area contributed by atoms with Gasteiger partial charge in [-0.3, -0.25) is 9.78 Å². The number of nitrogens with one attached hydrogen (secondary N) is 1. The number of amides is 1. The number of carbonyl (C=O) groups is 1. The van der Waals surface area contributed by atoms with Crippen LogP contribution in [-0.4, -0.2) is 15.5 Å². The van der Waals surface area contributed by atoms with Crippen LogP contribution in [0.25, 0.3) is 16.6 Å². The van der Waals surface area contributed by atoms with E-state index in [-0.39, 0.29) is 5.69 Å². The summed E-state index contributed by atoms with van der Waals surface area (Å²) in [6.07, 6.45) is -2.95. The standard InChI is InChI=1S/C23H18F3N3O/c1-14-11-18(15(2)29(14)21-10-6-4-8-19(21)23(24,25)26)22(30)28-17-12-16-7-3-5-9-20(16)27-13-17/h3-13H,1-2H3,(H,28,30). The highest BCUT2D eigenvalue weighted by Crippen LogP contribution is 2.35. The van der Waals surface area contributed by atoms with Crippen LogP contribution in [-0.2, 0) is 6.18 Å². The Morgan fingerprint density at radius 1 is 1.00 bits per heavy atom. The Hall–Kier alpha value is -3.61. The molecule has 1 N–H and O–H groups in total. The molecule has 0 unspecified atom stereocenters. The summed E-state index contributed by atoms with van der Waals surface area (Å²) >= 11 is 0. The number of hydrogen-bond donors (Lipinski definition) is 1. The van der Waals surface area contributed by atoms with E-state index in [2.05, 4.69) is 10.3 Å². The van der Waals surface area contributed by atoms with Gasteiger partial charge in [0.2, 0.25) is 0 Å². The minimum Gasteiger partial charge on any atom is -0.321 e. The van der Waals surface area contributed by atoms with E-state index >= 15 is 0 Å². The van der Waals surface area contributed by atoms with Crippen LogP contribution in [0.1, 0.15) is 27.3 Å². The summed E-state index contributed by atoms with van der Waals surface area (Å²) in [4.78, 5) is 17.2. The van der Waals surface area contributed by atoms with Gasteiger partial charge in [-0.05, 0) is 44.2 Å². The predicted molar refractivity (Wildman–Crippen MR) is 110 cm³/mol. The number of pyridine rings is 1. The highest BCUT2D eigenvalue weighted by Gasteiger charge is 2.34. The predicted octanol–water partition coefficient (Wildman–Crippen LogP) is 5.91. The van der Waals surface area contributed by atoms with Gasteiger partial charge in [-0.1, -0.05) is 30.3 Å². The van der Waals surface area contributed by atoms with E-state index in [0.29, 0.717) is 22.6 Å². The van der Waals surface area contributed by atoms with Crippen molar-refractivity contribution in [2.75, 3.05) is 5.32 Å². The molecule has 4 rings (SSSR count). The summed E-state index contributed by atoms with van der Waals surface area (Å²) in [7, 11) is 0. The van der Waals surface area contributed by atoms with E-state index in [1.165, 1.54) is 16.7 Å². The van der Waals surface area contributed by atoms with Crippen LogP contribution in [0.2, 0.25) is 0 Å². The van der Waals surface area contributed by atoms with Crippen LogP contribution in [0.5, 0.6) is 0 Å². The lowest BCUT2D eigenvalue weighted by Crippen LogP contribution is -2.15. The molecule has 4 nitrogen and oxygen atoms in total. The van der Waals surface area contributed by atoms with Crippen LogP contribution in [0.15, 0.2) is 66.9 Å². The summed E-state index contributed by atoms with van der Waals surface area (Å²) in [5, 5.41) is 3.67. The molecule has 2 heterocycles. The molecule has 2 aromatic carbocycles. The molecule has 7 heteroatoms. The highest BCUT2D eigenvalue weighted by molar-refractivity contribution is 6.06. The zero-order chi connectivity index (χ0) is 21.5. The number of rotatable bonds is 3. The van der Waals surface area contributed by atoms with Gasteiger partial charge in [-0.25, -0.2) is 0 Å². The molecule has 1 amide bonds. The number of aromatic nitrogens is 2. The number of anilines is 1. The molecule has 0 spiro atoms. The lowest BCUT2D eigenvalue weighted by Gasteiger charge is -2.16. The summed E-state index contributed by atoms with van der Waals surface area (Å²) in [6.45, 7) is 3.31. The van der Waals surface area contributed by atoms with Gasteiger partial charge in [0.15, 0.2) is 0 Å². The zero-order valence-electron chi connectivity index (χ0n) is 16.3. The van der Waals surface area contributed by atoms with Crippen LogP contribution in [0.3, 0.4) is 0 Å². The van der Waals surface area contributed by atoms with Crippen molar-refractivity contribution in [3.63, 3.8) is 0 Å². The second-order valence-electron chi connectivity index (χ2n) is 7.01. The van der Waals surface area contributed by atoms with Gasteiger partial charge in [-0.2, -0.15) is 13.2 Å². The molecule has 152 valence electrons. The zero-order valence-corrected chi connectivity index (χ0v) is 16.3. The minimum atomic E-state index is -4.50. The van der Waals surface area contributed by atoms with Gasteiger partial charge >= 0.3 is 6.18 Å². The SMILES string of the molecule is Cc1cc(C(=O)Nc2cnc3ccccc3c2)c(C)n1-c1ccccc1C(F)(F)F. The third-order valence-corrected chi connectivity index (χ3v) is 4.97. The van der Waals surface area contributed by atoms with Gasteiger partial charge in [0.1, 0.15) is 0 Å². The Balaban J connectivity index is 1.71. The number of carbonyl (C=O) groups excluding carboxylic acids is 1. The average Bonchev–Trinajstić information content (AvgIpc) is 3.01. The monoisotopic (exact) mass is 409 g/mol. The Kier molecular flexibility index (Phi) is 4.81. The average molecular weight is 409 g/mol. The smallest absolute Gasteiger partial charge is 0.321 e. The first-order chi connectivity index (χ1) is 14.3. The summed E-state index contributed by atoms with van der Waals surface area (Å²) in [5.74, 6) is -0.407. The Labute approximate surface area is 171 Å². The molecular weight excluding hydrogens is 391 g/mol. The van der Waals surface area contributed by atoms with Crippen molar-refractivity contribution in [1.82, 2.24) is 9.55 Å². The van der Waals surface area contributed by atoms with Crippen LogP contribution >= 0.6 is 0 Å². The number of aryl methyl sites for hydroxylation is 1. The summed E-state index contributed by atoms with van der Waals surface area (Å²) in [5.41, 5.74) is 1.82. The molecule has 0 aliphatic heterocycles. The van der Waals surface area contributed by atoms with E-state index < -0.39 is 17.6 Å². The minimum absolute atomic E-state index is 0.00794. The maximum Gasteiger partial charge on any atom is 0.418 e. The van der Waals surface area contributed by atoms with Crippen molar-refractivity contribution < 1.29 is 18.0 Å². The number of halogens is 3. The number of hydrogen-bond acceptors (Lipinski definition) is 2. The van der Waals surface area contributed by atoms with Gasteiger partial charge in [0, 0.05) is 16.8 Å². The molecular formula is C23H18F3N3O. The molecule has 2 aromatic heterocycles. The van der Waals surface area contributed by atoms with Crippen molar-refractivity contribution in [1.29, 1.82) is 0 Å². The second kappa shape index (κ2) is 7.33. The van der Waals surface area contributed by atoms with Crippen molar-refractivity contribution in [2.24, 2.45) is 0 Å². The lowest BCUT2D eigenvalue weighted by atomic mass is 10.1. The number of benzene rings is 2. The molecule has 0 aliphatic carbocycles. The third kappa shape index (κ3) is 3.54. The molecule has 0 bridgehead atoms. The molecule has 0 fully saturated rings. The molecule has 0 aliphatic rings. The van der Waals surface area contributed by atoms with Gasteiger partial charge in [0.05, 0.1) is 34.2 Å². The summed E-state index contributed by atoms with van der Waals surface area (Å²) < 4.78 is 41.9. The van der Waals surface area contributed by atoms with E-state index in [9.17, 15) is 18.0 Å². The Bertz CT molecular complexity index is 1260. The molecule has 0 radical (unpaired) electrons. The molecule has 30 heavy (non-hydrogen) atoms. The lowest BCUT2D eigenvalue weighted by molar-refractivity contribution is -0.137. The van der Waals surface area contributed by atoms with E-state index in [4.69, 9.17) is 0 Å². The highest BCUT2D eigenvalue weighted by atomic mass is 19.4. The van der Waals surface area contributed by atoms with Crippen molar-refractivity contribution in [3.05, 3.63) is 89.4 Å². The fourth-order valence-electron chi connectivity index (χ4n) is 3.61. The van der Waals surface area contributed by atoms with E-state index in [1.54, 1.807) is 38.2 Å². The normalized spacial score (nSPS) is 11.6. The van der Waals surface area contributed by atoms with Gasteiger partial charge < -0.3 is 9.88 Å². The first-order valence-corrected chi connectivity index (χ1v) is 9.27. The fraction of sp³-hybridized carbons (Fsp3) is 0.130. The topological polar surface area (TPSA) is 46.9 Å². The van der Waals surface area contributed by atoms with Gasteiger partial charge in [0.25, 0.3) is 5.91 Å². The van der Waals surface area contributed by atoms with Crippen LogP contribution < -0.4 is 5.32 Å². The molecule has 4 aromatic rings. The number of para-hydroxylation sites is 2. The maximum atomic E-state index is 13.5. The molecule has 0 atom stereocenters. The first-order valence-electron chi connectivity index (χ1n) is 9.27. The second-order valence-corrected chi connectivity index (χ2v) is 7.01. The third-order valence-electron chi connectivity index (χ3n) is 4.97. The summed E-state index contributed by atoms with van der Waals surface area (Å²) in [6, 6.07) is 16.2. The number of nitrogens with zero attached hydrogens (tertiary/aromatic N) is 2. The van der Waals surface area contributed by atoms with Crippen LogP contribution in [0.4, 0.5) is 18.9 Å². The van der Waals surface area contributed by atoms with E-state index in [1.807, 2.05) is 24.3 Å². The Morgan fingerprint density at radius 3 is 2.47 bits per heavy atom. The first kappa shape index (κ1) is 19.7. The largest absolute Gasteiger partial charge is 0.418 e. The van der Waals surface area contributed by atoms with Crippen molar-refractivity contribution in [3.8, 4) is 5.69 Å². The number of alkyl halides is 3. The van der Waals surface area contributed by atoms with E-state index in [0.717, 1.165) is 17.0 Å². The van der Waals surface area contributed by atoms with Crippen LogP contribution in [0, 0.1) is 13.8 Å². The van der Waals surface area contributed by atoms with Gasteiger partial charge in [-0.15, -0.1) is 0 Å².